The van der Waals surface area contributed by atoms with Crippen molar-refractivity contribution in [3.63, 3.8) is 0 Å². The van der Waals surface area contributed by atoms with Gasteiger partial charge in [-0.3, -0.25) is 0 Å². The summed E-state index contributed by atoms with van der Waals surface area (Å²) >= 11 is 0. The minimum absolute atomic E-state index is 0.580. The second kappa shape index (κ2) is 6.63. The smallest absolute Gasteiger partial charge is 0.0354 e. The fraction of sp³-hybridized carbons (Fsp3) is 0.529. The summed E-state index contributed by atoms with van der Waals surface area (Å²) < 4.78 is 0. The highest BCUT2D eigenvalue weighted by Gasteiger charge is 2.19. The number of likely N-dealkylation sites (tertiary alicyclic amines) is 1. The molecule has 0 aromatic heterocycles. The van der Waals surface area contributed by atoms with Crippen LogP contribution in [0.1, 0.15) is 32.3 Å². The first-order valence-electron chi connectivity index (χ1n) is 7.23. The Labute approximate surface area is 117 Å². The van der Waals surface area contributed by atoms with Crippen LogP contribution in [-0.4, -0.2) is 30.6 Å². The van der Waals surface area contributed by atoms with Crippen LogP contribution in [0.3, 0.4) is 0 Å². The van der Waals surface area contributed by atoms with Gasteiger partial charge in [0.15, 0.2) is 0 Å². The lowest BCUT2D eigenvalue weighted by atomic mass is 10.0. The Morgan fingerprint density at radius 3 is 2.74 bits per heavy atom. The summed E-state index contributed by atoms with van der Waals surface area (Å²) in [6.07, 6.45) is 7.86. The molecule has 2 rings (SSSR count). The molecule has 19 heavy (non-hydrogen) atoms. The van der Waals surface area contributed by atoms with E-state index in [1.807, 2.05) is 12.1 Å². The maximum Gasteiger partial charge on any atom is 0.0354 e. The monoisotopic (exact) mass is 256 g/mol. The van der Waals surface area contributed by atoms with Crippen LogP contribution in [0.4, 0.5) is 5.69 Å². The van der Waals surface area contributed by atoms with E-state index < -0.39 is 0 Å². The number of hydrogen-bond acceptors (Lipinski definition) is 2. The molecule has 1 saturated heterocycles. The third-order valence-electron chi connectivity index (χ3n) is 3.61. The first kappa shape index (κ1) is 14.0. The van der Waals surface area contributed by atoms with Crippen molar-refractivity contribution in [3.8, 4) is 12.3 Å². The fourth-order valence-corrected chi connectivity index (χ4v) is 2.71. The largest absolute Gasteiger partial charge is 0.382 e. The van der Waals surface area contributed by atoms with E-state index in [4.69, 9.17) is 6.42 Å². The lowest BCUT2D eigenvalue weighted by Gasteiger charge is -2.33. The van der Waals surface area contributed by atoms with Crippen LogP contribution in [-0.2, 0) is 0 Å². The van der Waals surface area contributed by atoms with E-state index >= 15 is 0 Å². The first-order valence-corrected chi connectivity index (χ1v) is 7.23. The lowest BCUT2D eigenvalue weighted by molar-refractivity contribution is 0.198. The molecule has 0 radical (unpaired) electrons. The second-order valence-electron chi connectivity index (χ2n) is 5.84. The summed E-state index contributed by atoms with van der Waals surface area (Å²) in [5.41, 5.74) is 2.10. The Kier molecular flexibility index (Phi) is 4.87. The highest BCUT2D eigenvalue weighted by atomic mass is 15.1. The molecule has 2 nitrogen and oxygen atoms in total. The van der Waals surface area contributed by atoms with E-state index in [0.717, 1.165) is 17.2 Å². The molecule has 1 aromatic rings. The molecule has 1 aliphatic heterocycles. The van der Waals surface area contributed by atoms with Crippen LogP contribution in [0, 0.1) is 18.3 Å². The van der Waals surface area contributed by atoms with Crippen molar-refractivity contribution in [1.29, 1.82) is 0 Å². The molecule has 0 bridgehead atoms. The molecule has 0 atom stereocenters. The summed E-state index contributed by atoms with van der Waals surface area (Å²) in [5.74, 6) is 3.45. The molecule has 102 valence electrons. The number of hydrogen-bond donors (Lipinski definition) is 1. The van der Waals surface area contributed by atoms with Crippen LogP contribution >= 0.6 is 0 Å². The number of nitrogens with zero attached hydrogens (tertiary/aromatic N) is 1. The molecular formula is C17H24N2. The maximum absolute atomic E-state index is 5.43. The average Bonchev–Trinajstić information content (AvgIpc) is 2.41. The Morgan fingerprint density at radius 2 is 2.11 bits per heavy atom. The molecule has 0 amide bonds. The molecule has 1 aliphatic rings. The van der Waals surface area contributed by atoms with Crippen LogP contribution in [0.5, 0.6) is 0 Å². The Morgan fingerprint density at radius 1 is 1.37 bits per heavy atom. The van der Waals surface area contributed by atoms with Gasteiger partial charge in [-0.05, 0) is 37.0 Å². The van der Waals surface area contributed by atoms with Crippen LogP contribution < -0.4 is 5.32 Å². The van der Waals surface area contributed by atoms with Crippen molar-refractivity contribution in [2.24, 2.45) is 5.92 Å². The molecule has 0 unspecified atom stereocenters. The predicted octanol–water partition coefficient (Wildman–Crippen LogP) is 3.20. The highest BCUT2D eigenvalue weighted by Crippen LogP contribution is 2.18. The van der Waals surface area contributed by atoms with Gasteiger partial charge in [0.2, 0.25) is 0 Å². The van der Waals surface area contributed by atoms with Gasteiger partial charge in [-0.1, -0.05) is 25.8 Å². The Bertz CT molecular complexity index is 437. The topological polar surface area (TPSA) is 15.3 Å². The fourth-order valence-electron chi connectivity index (χ4n) is 2.71. The molecule has 0 saturated carbocycles. The first-order chi connectivity index (χ1) is 9.17. The summed E-state index contributed by atoms with van der Waals surface area (Å²) in [5, 5.41) is 3.61. The summed E-state index contributed by atoms with van der Waals surface area (Å²) in [6, 6.07) is 8.72. The Balaban J connectivity index is 1.84. The van der Waals surface area contributed by atoms with Gasteiger partial charge in [-0.2, -0.15) is 0 Å². The summed E-state index contributed by atoms with van der Waals surface area (Å²) in [7, 11) is 0. The molecule has 0 spiro atoms. The molecule has 0 aliphatic carbocycles. The van der Waals surface area contributed by atoms with Gasteiger partial charge in [-0.15, -0.1) is 6.42 Å². The molecule has 1 aromatic carbocycles. The minimum Gasteiger partial charge on any atom is -0.382 e. The maximum atomic E-state index is 5.43. The zero-order valence-corrected chi connectivity index (χ0v) is 12.0. The number of rotatable bonds is 4. The van der Waals surface area contributed by atoms with Crippen LogP contribution in [0.2, 0.25) is 0 Å². The van der Waals surface area contributed by atoms with Crippen molar-refractivity contribution < 1.29 is 0 Å². The number of nitrogens with one attached hydrogen (secondary N) is 1. The zero-order chi connectivity index (χ0) is 13.7. The van der Waals surface area contributed by atoms with Crippen molar-refractivity contribution >= 4 is 5.69 Å². The van der Waals surface area contributed by atoms with Gasteiger partial charge < -0.3 is 10.2 Å². The van der Waals surface area contributed by atoms with Crippen LogP contribution in [0.25, 0.3) is 0 Å². The predicted molar refractivity (Wildman–Crippen MR) is 82.3 cm³/mol. The van der Waals surface area contributed by atoms with Gasteiger partial charge in [-0.25, -0.2) is 0 Å². The number of terminal acetylenes is 1. The van der Waals surface area contributed by atoms with Crippen molar-refractivity contribution in [1.82, 2.24) is 4.90 Å². The van der Waals surface area contributed by atoms with Gasteiger partial charge in [0.05, 0.1) is 0 Å². The third kappa shape index (κ3) is 4.29. The minimum atomic E-state index is 0.580. The quantitative estimate of drug-likeness (QED) is 0.832. The number of piperidine rings is 1. The van der Waals surface area contributed by atoms with Gasteiger partial charge >= 0.3 is 0 Å². The van der Waals surface area contributed by atoms with Gasteiger partial charge in [0.1, 0.15) is 0 Å². The second-order valence-corrected chi connectivity index (χ2v) is 5.84. The van der Waals surface area contributed by atoms with E-state index in [0.29, 0.717) is 6.04 Å². The van der Waals surface area contributed by atoms with Crippen molar-refractivity contribution in [2.75, 3.05) is 25.0 Å². The van der Waals surface area contributed by atoms with E-state index in [1.54, 1.807) is 0 Å². The standard InChI is InChI=1S/C17H24N2/c1-4-15-6-5-7-17(12-15)18-16-8-10-19(11-9-16)13-14(2)3/h1,5-7,12,14,16,18H,8-11,13H2,2-3H3. The molecule has 1 fully saturated rings. The number of benzene rings is 1. The van der Waals surface area contributed by atoms with Gasteiger partial charge in [0, 0.05) is 36.9 Å². The molecule has 1 N–H and O–H groups in total. The van der Waals surface area contributed by atoms with E-state index in [2.05, 4.69) is 42.1 Å². The molecular weight excluding hydrogens is 232 g/mol. The lowest BCUT2D eigenvalue weighted by Crippen LogP contribution is -2.40. The van der Waals surface area contributed by atoms with E-state index in [9.17, 15) is 0 Å². The molecule has 1 heterocycles. The van der Waals surface area contributed by atoms with Crippen molar-refractivity contribution in [2.45, 2.75) is 32.7 Å². The van der Waals surface area contributed by atoms with E-state index in [1.165, 1.54) is 32.5 Å². The summed E-state index contributed by atoms with van der Waals surface area (Å²) in [4.78, 5) is 2.57. The average molecular weight is 256 g/mol. The number of anilines is 1. The molecule has 2 heteroatoms. The van der Waals surface area contributed by atoms with Crippen LogP contribution in [0.15, 0.2) is 24.3 Å². The van der Waals surface area contributed by atoms with Crippen molar-refractivity contribution in [3.05, 3.63) is 29.8 Å². The zero-order valence-electron chi connectivity index (χ0n) is 12.0. The third-order valence-corrected chi connectivity index (χ3v) is 3.61. The normalized spacial score (nSPS) is 17.4. The highest BCUT2D eigenvalue weighted by molar-refractivity contribution is 5.50. The van der Waals surface area contributed by atoms with Gasteiger partial charge in [0.25, 0.3) is 0 Å². The van der Waals surface area contributed by atoms with E-state index in [-0.39, 0.29) is 0 Å². The Hall–Kier alpha value is -1.46. The SMILES string of the molecule is C#Cc1cccc(NC2CCN(CC(C)C)CC2)c1. The summed E-state index contributed by atoms with van der Waals surface area (Å²) in [6.45, 7) is 8.19.